The zero-order chi connectivity index (χ0) is 12.4. The second-order valence-electron chi connectivity index (χ2n) is 4.85. The van der Waals surface area contributed by atoms with E-state index in [1.165, 1.54) is 16.6 Å². The van der Waals surface area contributed by atoms with Crippen molar-refractivity contribution < 1.29 is 5.11 Å². The van der Waals surface area contributed by atoms with Crippen LogP contribution in [0.1, 0.15) is 30.9 Å². The van der Waals surface area contributed by atoms with Gasteiger partial charge in [0, 0.05) is 6.54 Å². The Morgan fingerprint density at radius 3 is 2.71 bits per heavy atom. The van der Waals surface area contributed by atoms with Gasteiger partial charge in [0.05, 0.1) is 23.5 Å². The van der Waals surface area contributed by atoms with E-state index >= 15 is 0 Å². The summed E-state index contributed by atoms with van der Waals surface area (Å²) in [6.07, 6.45) is 3.50. The molecule has 2 rings (SSSR count). The lowest BCUT2D eigenvalue weighted by Gasteiger charge is -2.07. The van der Waals surface area contributed by atoms with Gasteiger partial charge in [0.2, 0.25) is 0 Å². The SMILES string of the molecule is Cc1cc2ncn(CCCC(C)O)c2cc1C. The van der Waals surface area contributed by atoms with Crippen molar-refractivity contribution in [1.29, 1.82) is 0 Å². The summed E-state index contributed by atoms with van der Waals surface area (Å²) in [6, 6.07) is 4.33. The van der Waals surface area contributed by atoms with Gasteiger partial charge in [-0.05, 0) is 56.9 Å². The van der Waals surface area contributed by atoms with Gasteiger partial charge in [-0.3, -0.25) is 0 Å². The fraction of sp³-hybridized carbons (Fsp3) is 0.500. The van der Waals surface area contributed by atoms with Gasteiger partial charge in [0.1, 0.15) is 0 Å². The van der Waals surface area contributed by atoms with Gasteiger partial charge < -0.3 is 9.67 Å². The predicted octanol–water partition coefficient (Wildman–Crippen LogP) is 2.81. The third-order valence-electron chi connectivity index (χ3n) is 3.26. The lowest BCUT2D eigenvalue weighted by molar-refractivity contribution is 0.179. The second kappa shape index (κ2) is 4.88. The molecule has 0 spiro atoms. The number of aliphatic hydroxyl groups excluding tert-OH is 1. The van der Waals surface area contributed by atoms with Gasteiger partial charge in [-0.2, -0.15) is 0 Å². The van der Waals surface area contributed by atoms with E-state index in [0.29, 0.717) is 0 Å². The number of aliphatic hydroxyl groups is 1. The maximum absolute atomic E-state index is 9.25. The minimum absolute atomic E-state index is 0.214. The van der Waals surface area contributed by atoms with E-state index in [1.54, 1.807) is 0 Å². The Morgan fingerprint density at radius 1 is 1.29 bits per heavy atom. The van der Waals surface area contributed by atoms with Crippen LogP contribution in [0.4, 0.5) is 0 Å². The fourth-order valence-electron chi connectivity index (χ4n) is 2.05. The van der Waals surface area contributed by atoms with E-state index in [4.69, 9.17) is 0 Å². The van der Waals surface area contributed by atoms with Crippen molar-refractivity contribution in [3.8, 4) is 0 Å². The molecule has 0 amide bonds. The Bertz CT molecular complexity index is 514. The first-order chi connectivity index (χ1) is 8.08. The van der Waals surface area contributed by atoms with Crippen molar-refractivity contribution in [1.82, 2.24) is 9.55 Å². The van der Waals surface area contributed by atoms with Gasteiger partial charge in [0.15, 0.2) is 0 Å². The number of aryl methyl sites for hydroxylation is 3. The maximum Gasteiger partial charge on any atom is 0.0958 e. The third-order valence-corrected chi connectivity index (χ3v) is 3.26. The van der Waals surface area contributed by atoms with Crippen molar-refractivity contribution in [3.63, 3.8) is 0 Å². The summed E-state index contributed by atoms with van der Waals surface area (Å²) < 4.78 is 2.17. The Labute approximate surface area is 102 Å². The van der Waals surface area contributed by atoms with E-state index in [0.717, 1.165) is 24.9 Å². The van der Waals surface area contributed by atoms with Crippen LogP contribution in [0.25, 0.3) is 11.0 Å². The van der Waals surface area contributed by atoms with Crippen LogP contribution in [-0.4, -0.2) is 20.8 Å². The molecular formula is C14H20N2O. The van der Waals surface area contributed by atoms with Crippen LogP contribution < -0.4 is 0 Å². The highest BCUT2D eigenvalue weighted by atomic mass is 16.3. The molecule has 1 aromatic heterocycles. The van der Waals surface area contributed by atoms with Crippen LogP contribution in [0.2, 0.25) is 0 Å². The summed E-state index contributed by atoms with van der Waals surface area (Å²) in [7, 11) is 0. The zero-order valence-corrected chi connectivity index (χ0v) is 10.8. The molecule has 1 heterocycles. The molecule has 0 aliphatic heterocycles. The Kier molecular flexibility index (Phi) is 3.48. The molecule has 3 heteroatoms. The smallest absolute Gasteiger partial charge is 0.0958 e. The number of hydrogen-bond donors (Lipinski definition) is 1. The average Bonchev–Trinajstić information content (AvgIpc) is 2.62. The molecule has 1 aromatic carbocycles. The molecule has 1 atom stereocenters. The molecule has 0 radical (unpaired) electrons. The molecule has 3 nitrogen and oxygen atoms in total. The minimum Gasteiger partial charge on any atom is -0.393 e. The van der Waals surface area contributed by atoms with Gasteiger partial charge in [-0.15, -0.1) is 0 Å². The van der Waals surface area contributed by atoms with Crippen LogP contribution in [-0.2, 0) is 6.54 Å². The third kappa shape index (κ3) is 2.67. The number of aromatic nitrogens is 2. The molecule has 1 N–H and O–H groups in total. The first-order valence-corrected chi connectivity index (χ1v) is 6.18. The normalized spacial score (nSPS) is 13.2. The number of rotatable bonds is 4. The number of fused-ring (bicyclic) bond motifs is 1. The molecule has 0 bridgehead atoms. The topological polar surface area (TPSA) is 38.0 Å². The molecule has 17 heavy (non-hydrogen) atoms. The van der Waals surface area contributed by atoms with Crippen molar-refractivity contribution in [2.45, 2.75) is 46.3 Å². The minimum atomic E-state index is -0.214. The van der Waals surface area contributed by atoms with E-state index in [-0.39, 0.29) is 6.10 Å². The summed E-state index contributed by atoms with van der Waals surface area (Å²) in [5.41, 5.74) is 4.84. The molecule has 1 unspecified atom stereocenters. The van der Waals surface area contributed by atoms with Crippen LogP contribution in [0.5, 0.6) is 0 Å². The summed E-state index contributed by atoms with van der Waals surface area (Å²) in [4.78, 5) is 4.42. The number of benzene rings is 1. The summed E-state index contributed by atoms with van der Waals surface area (Å²) in [5.74, 6) is 0. The average molecular weight is 232 g/mol. The zero-order valence-electron chi connectivity index (χ0n) is 10.8. The van der Waals surface area contributed by atoms with Gasteiger partial charge >= 0.3 is 0 Å². The van der Waals surface area contributed by atoms with Gasteiger partial charge in [-0.25, -0.2) is 4.98 Å². The quantitative estimate of drug-likeness (QED) is 0.880. The Balaban J connectivity index is 2.21. The highest BCUT2D eigenvalue weighted by Crippen LogP contribution is 2.18. The molecule has 92 valence electrons. The largest absolute Gasteiger partial charge is 0.393 e. The molecular weight excluding hydrogens is 212 g/mol. The number of imidazole rings is 1. The Hall–Kier alpha value is -1.35. The standard InChI is InChI=1S/C14H20N2O/c1-10-7-13-14(8-11(10)2)16(9-15-13)6-4-5-12(3)17/h7-9,12,17H,4-6H2,1-3H3. The van der Waals surface area contributed by atoms with Gasteiger partial charge in [-0.1, -0.05) is 0 Å². The predicted molar refractivity (Wildman–Crippen MR) is 70.1 cm³/mol. The van der Waals surface area contributed by atoms with Crippen molar-refractivity contribution >= 4 is 11.0 Å². The molecule has 0 saturated carbocycles. The van der Waals surface area contributed by atoms with E-state index in [1.807, 2.05) is 13.3 Å². The molecule has 0 fully saturated rings. The van der Waals surface area contributed by atoms with Crippen LogP contribution >= 0.6 is 0 Å². The second-order valence-corrected chi connectivity index (χ2v) is 4.85. The lowest BCUT2D eigenvalue weighted by atomic mass is 10.1. The van der Waals surface area contributed by atoms with Crippen LogP contribution in [0.15, 0.2) is 18.5 Å². The lowest BCUT2D eigenvalue weighted by Crippen LogP contribution is -2.03. The van der Waals surface area contributed by atoms with Crippen molar-refractivity contribution in [3.05, 3.63) is 29.6 Å². The van der Waals surface area contributed by atoms with E-state index < -0.39 is 0 Å². The highest BCUT2D eigenvalue weighted by molar-refractivity contribution is 5.77. The highest BCUT2D eigenvalue weighted by Gasteiger charge is 2.05. The Morgan fingerprint density at radius 2 is 2.00 bits per heavy atom. The number of nitrogens with zero attached hydrogens (tertiary/aromatic N) is 2. The first kappa shape index (κ1) is 12.1. The van der Waals surface area contributed by atoms with Crippen molar-refractivity contribution in [2.75, 3.05) is 0 Å². The monoisotopic (exact) mass is 232 g/mol. The van der Waals surface area contributed by atoms with Gasteiger partial charge in [0.25, 0.3) is 0 Å². The fourth-order valence-corrected chi connectivity index (χ4v) is 2.05. The maximum atomic E-state index is 9.25. The molecule has 0 aliphatic rings. The molecule has 0 aliphatic carbocycles. The van der Waals surface area contributed by atoms with E-state index in [9.17, 15) is 5.11 Å². The summed E-state index contributed by atoms with van der Waals surface area (Å²) in [6.45, 7) is 6.99. The van der Waals surface area contributed by atoms with Crippen LogP contribution in [0, 0.1) is 13.8 Å². The van der Waals surface area contributed by atoms with E-state index in [2.05, 4.69) is 35.5 Å². The number of hydrogen-bond acceptors (Lipinski definition) is 2. The molecule has 2 aromatic rings. The van der Waals surface area contributed by atoms with Crippen molar-refractivity contribution in [2.24, 2.45) is 0 Å². The first-order valence-electron chi connectivity index (χ1n) is 6.18. The summed E-state index contributed by atoms with van der Waals surface area (Å²) in [5, 5.41) is 9.25. The molecule has 0 saturated heterocycles. The van der Waals surface area contributed by atoms with Crippen LogP contribution in [0.3, 0.4) is 0 Å². The summed E-state index contributed by atoms with van der Waals surface area (Å²) >= 11 is 0.